The molecule has 1 saturated carbocycles. The second-order valence-corrected chi connectivity index (χ2v) is 5.07. The summed E-state index contributed by atoms with van der Waals surface area (Å²) in [6, 6.07) is 7.09. The molecule has 102 valence electrons. The number of ether oxygens (including phenoxy) is 1. The van der Waals surface area contributed by atoms with Crippen molar-refractivity contribution in [2.24, 2.45) is 11.8 Å². The zero-order valence-electron chi connectivity index (χ0n) is 11.0. The first-order valence-electron chi connectivity index (χ1n) is 6.50. The van der Waals surface area contributed by atoms with E-state index < -0.39 is 5.97 Å². The molecule has 19 heavy (non-hydrogen) atoms. The van der Waals surface area contributed by atoms with Crippen molar-refractivity contribution in [3.63, 3.8) is 0 Å². The molecule has 0 aliphatic heterocycles. The Balaban J connectivity index is 1.96. The van der Waals surface area contributed by atoms with Gasteiger partial charge in [0.1, 0.15) is 5.75 Å². The molecule has 1 aliphatic carbocycles. The monoisotopic (exact) mass is 262 g/mol. The summed E-state index contributed by atoms with van der Waals surface area (Å²) in [5.41, 5.74) is 0.637. The Kier molecular flexibility index (Phi) is 4.20. The molecule has 1 aliphatic rings. The van der Waals surface area contributed by atoms with Gasteiger partial charge in [-0.15, -0.1) is 0 Å². The predicted octanol–water partition coefficient (Wildman–Crippen LogP) is 2.77. The lowest BCUT2D eigenvalue weighted by atomic mass is 9.96. The average molecular weight is 262 g/mol. The Morgan fingerprint density at radius 2 is 2.16 bits per heavy atom. The van der Waals surface area contributed by atoms with Crippen molar-refractivity contribution in [3.8, 4) is 5.75 Å². The van der Waals surface area contributed by atoms with Gasteiger partial charge in [0.05, 0.1) is 13.0 Å². The summed E-state index contributed by atoms with van der Waals surface area (Å²) in [6.07, 6.45) is 2.56. The molecule has 0 heterocycles. The first-order chi connectivity index (χ1) is 9.10. The third kappa shape index (κ3) is 3.34. The first-order valence-corrected chi connectivity index (χ1v) is 6.50. The maximum atomic E-state index is 12.1. The van der Waals surface area contributed by atoms with Crippen molar-refractivity contribution in [1.29, 1.82) is 0 Å². The second-order valence-electron chi connectivity index (χ2n) is 5.07. The molecule has 1 fully saturated rings. The highest BCUT2D eigenvalue weighted by Crippen LogP contribution is 2.34. The van der Waals surface area contributed by atoms with Gasteiger partial charge in [0.25, 0.3) is 0 Å². The fraction of sp³-hybridized carbons (Fsp3) is 0.467. The zero-order chi connectivity index (χ0) is 13.8. The van der Waals surface area contributed by atoms with Crippen LogP contribution >= 0.6 is 0 Å². The number of hydrogen-bond donors (Lipinski definition) is 1. The van der Waals surface area contributed by atoms with Crippen LogP contribution in [0, 0.1) is 11.8 Å². The van der Waals surface area contributed by atoms with Gasteiger partial charge in [-0.05, 0) is 37.3 Å². The average Bonchev–Trinajstić information content (AvgIpc) is 2.87. The summed E-state index contributed by atoms with van der Waals surface area (Å²) < 4.78 is 5.09. The molecule has 0 bridgehead atoms. The van der Waals surface area contributed by atoms with E-state index >= 15 is 0 Å². The molecule has 0 amide bonds. The molecular weight excluding hydrogens is 244 g/mol. The summed E-state index contributed by atoms with van der Waals surface area (Å²) in [7, 11) is 1.57. The number of methoxy groups -OCH3 is 1. The van der Waals surface area contributed by atoms with E-state index in [-0.39, 0.29) is 17.6 Å². The number of carboxylic acid groups (broad SMARTS) is 1. The number of carbonyl (C=O) groups is 2. The number of carboxylic acids is 1. The van der Waals surface area contributed by atoms with E-state index in [2.05, 4.69) is 0 Å². The minimum Gasteiger partial charge on any atom is -0.497 e. The van der Waals surface area contributed by atoms with Crippen molar-refractivity contribution in [1.82, 2.24) is 0 Å². The lowest BCUT2D eigenvalue weighted by molar-refractivity contribution is -0.141. The third-order valence-electron chi connectivity index (χ3n) is 3.76. The van der Waals surface area contributed by atoms with Gasteiger partial charge in [-0.25, -0.2) is 0 Å². The molecule has 0 saturated heterocycles. The smallest absolute Gasteiger partial charge is 0.306 e. The van der Waals surface area contributed by atoms with Crippen molar-refractivity contribution >= 4 is 11.8 Å². The van der Waals surface area contributed by atoms with Gasteiger partial charge < -0.3 is 9.84 Å². The molecule has 4 nitrogen and oxygen atoms in total. The summed E-state index contributed by atoms with van der Waals surface area (Å²) in [4.78, 5) is 23.0. The Morgan fingerprint density at radius 1 is 1.37 bits per heavy atom. The van der Waals surface area contributed by atoms with Gasteiger partial charge in [0.15, 0.2) is 5.78 Å². The zero-order valence-corrected chi connectivity index (χ0v) is 11.0. The Labute approximate surface area is 112 Å². The molecular formula is C15H18O4. The predicted molar refractivity (Wildman–Crippen MR) is 70.4 cm³/mol. The molecule has 2 unspecified atom stereocenters. The molecule has 1 aromatic rings. The van der Waals surface area contributed by atoms with Crippen molar-refractivity contribution in [2.75, 3.05) is 7.11 Å². The van der Waals surface area contributed by atoms with Gasteiger partial charge >= 0.3 is 5.97 Å². The maximum absolute atomic E-state index is 12.1. The normalized spacial score (nSPS) is 22.2. The van der Waals surface area contributed by atoms with E-state index in [0.29, 0.717) is 30.6 Å². The van der Waals surface area contributed by atoms with Crippen LogP contribution in [-0.4, -0.2) is 24.0 Å². The van der Waals surface area contributed by atoms with E-state index in [9.17, 15) is 9.59 Å². The SMILES string of the molecule is COc1cccc(C(=O)CC2CCC(C(=O)O)C2)c1. The molecule has 4 heteroatoms. The van der Waals surface area contributed by atoms with Gasteiger partial charge in [0.2, 0.25) is 0 Å². The van der Waals surface area contributed by atoms with Gasteiger partial charge in [-0.3, -0.25) is 9.59 Å². The highest BCUT2D eigenvalue weighted by Gasteiger charge is 2.30. The minimum absolute atomic E-state index is 0.0648. The topological polar surface area (TPSA) is 63.6 Å². The van der Waals surface area contributed by atoms with Gasteiger partial charge in [-0.1, -0.05) is 12.1 Å². The summed E-state index contributed by atoms with van der Waals surface area (Å²) in [5, 5.41) is 8.95. The number of benzene rings is 1. The van der Waals surface area contributed by atoms with Crippen molar-refractivity contribution in [3.05, 3.63) is 29.8 Å². The quantitative estimate of drug-likeness (QED) is 0.829. The molecule has 2 rings (SSSR count). The lowest BCUT2D eigenvalue weighted by Gasteiger charge is -2.09. The van der Waals surface area contributed by atoms with Crippen LogP contribution in [0.5, 0.6) is 5.75 Å². The number of rotatable bonds is 5. The van der Waals surface area contributed by atoms with Crippen LogP contribution in [0.4, 0.5) is 0 Å². The summed E-state index contributed by atoms with van der Waals surface area (Å²) in [6.45, 7) is 0. The highest BCUT2D eigenvalue weighted by atomic mass is 16.5. The highest BCUT2D eigenvalue weighted by molar-refractivity contribution is 5.96. The van der Waals surface area contributed by atoms with E-state index in [0.717, 1.165) is 6.42 Å². The van der Waals surface area contributed by atoms with Crippen molar-refractivity contribution < 1.29 is 19.4 Å². The van der Waals surface area contributed by atoms with Crippen LogP contribution in [0.3, 0.4) is 0 Å². The molecule has 0 spiro atoms. The van der Waals surface area contributed by atoms with E-state index in [1.165, 1.54) is 0 Å². The number of ketones is 1. The second kappa shape index (κ2) is 5.87. The minimum atomic E-state index is -0.740. The molecule has 0 radical (unpaired) electrons. The van der Waals surface area contributed by atoms with E-state index in [4.69, 9.17) is 9.84 Å². The number of aliphatic carboxylic acids is 1. The third-order valence-corrected chi connectivity index (χ3v) is 3.76. The number of Topliss-reactive ketones (excluding diaryl/α,β-unsaturated/α-hetero) is 1. The summed E-state index contributed by atoms with van der Waals surface area (Å²) >= 11 is 0. The Morgan fingerprint density at radius 3 is 2.79 bits per heavy atom. The van der Waals surface area contributed by atoms with Crippen molar-refractivity contribution in [2.45, 2.75) is 25.7 Å². The standard InChI is InChI=1S/C15H18O4/c1-19-13-4-2-3-11(9-13)14(16)8-10-5-6-12(7-10)15(17)18/h2-4,9-10,12H,5-8H2,1H3,(H,17,18). The largest absolute Gasteiger partial charge is 0.497 e. The molecule has 0 aromatic heterocycles. The molecule has 1 N–H and O–H groups in total. The summed E-state index contributed by atoms with van der Waals surface area (Å²) in [5.74, 6) is -0.0881. The maximum Gasteiger partial charge on any atom is 0.306 e. The van der Waals surface area contributed by atoms with Gasteiger partial charge in [-0.2, -0.15) is 0 Å². The number of hydrogen-bond acceptors (Lipinski definition) is 3. The van der Waals surface area contributed by atoms with Gasteiger partial charge in [0, 0.05) is 12.0 Å². The molecule has 1 aromatic carbocycles. The van der Waals surface area contributed by atoms with Crippen LogP contribution in [0.25, 0.3) is 0 Å². The Bertz CT molecular complexity index is 481. The van der Waals surface area contributed by atoms with Crippen LogP contribution in [0.1, 0.15) is 36.0 Å². The van der Waals surface area contributed by atoms with Crippen LogP contribution in [0.2, 0.25) is 0 Å². The first kappa shape index (κ1) is 13.6. The fourth-order valence-electron chi connectivity index (χ4n) is 2.66. The number of carbonyl (C=O) groups excluding carboxylic acids is 1. The van der Waals surface area contributed by atoms with Crippen LogP contribution < -0.4 is 4.74 Å². The van der Waals surface area contributed by atoms with E-state index in [1.54, 1.807) is 31.4 Å². The van der Waals surface area contributed by atoms with Crippen LogP contribution in [-0.2, 0) is 4.79 Å². The van der Waals surface area contributed by atoms with E-state index in [1.807, 2.05) is 0 Å². The van der Waals surface area contributed by atoms with Crippen LogP contribution in [0.15, 0.2) is 24.3 Å². The fourth-order valence-corrected chi connectivity index (χ4v) is 2.66. The Hall–Kier alpha value is -1.84. The molecule has 2 atom stereocenters. The lowest BCUT2D eigenvalue weighted by Crippen LogP contribution is -2.11.